The lowest BCUT2D eigenvalue weighted by atomic mass is 10.1. The normalized spacial score (nSPS) is 11.4. The summed E-state index contributed by atoms with van der Waals surface area (Å²) < 4.78 is 44.1. The first-order valence-corrected chi connectivity index (χ1v) is 12.3. The first-order chi connectivity index (χ1) is 15.7. The maximum absolute atomic E-state index is 13.0. The van der Waals surface area contributed by atoms with E-state index < -0.39 is 10.0 Å². The minimum Gasteiger partial charge on any atom is -0.489 e. The van der Waals surface area contributed by atoms with Crippen molar-refractivity contribution in [3.05, 3.63) is 101 Å². The highest BCUT2D eigenvalue weighted by Crippen LogP contribution is 2.15. The molecule has 0 spiro atoms. The SMILES string of the molecule is Cc1ccc(CN(CC(=O)NCc2ccc(OCc3ccc(F)cc3)cc2)S(C)(=O)=O)cc1. The van der Waals surface area contributed by atoms with Gasteiger partial charge in [-0.05, 0) is 47.9 Å². The molecule has 6 nitrogen and oxygen atoms in total. The van der Waals surface area contributed by atoms with Gasteiger partial charge in [0, 0.05) is 13.1 Å². The Balaban J connectivity index is 1.50. The number of nitrogens with zero attached hydrogens (tertiary/aromatic N) is 1. The number of carbonyl (C=O) groups excluding carboxylic acids is 1. The molecule has 8 heteroatoms. The monoisotopic (exact) mass is 470 g/mol. The van der Waals surface area contributed by atoms with Gasteiger partial charge in [0.25, 0.3) is 0 Å². The van der Waals surface area contributed by atoms with Crippen LogP contribution < -0.4 is 10.1 Å². The zero-order chi connectivity index (χ0) is 23.8. The lowest BCUT2D eigenvalue weighted by Crippen LogP contribution is -2.39. The van der Waals surface area contributed by atoms with E-state index in [2.05, 4.69) is 5.32 Å². The zero-order valence-electron chi connectivity index (χ0n) is 18.6. The molecule has 1 amide bonds. The van der Waals surface area contributed by atoms with Gasteiger partial charge >= 0.3 is 0 Å². The first kappa shape index (κ1) is 24.4. The van der Waals surface area contributed by atoms with E-state index in [9.17, 15) is 17.6 Å². The molecule has 0 radical (unpaired) electrons. The third kappa shape index (κ3) is 8.00. The molecule has 0 heterocycles. The van der Waals surface area contributed by atoms with Crippen molar-refractivity contribution >= 4 is 15.9 Å². The summed E-state index contributed by atoms with van der Waals surface area (Å²) in [6, 6.07) is 20.8. The summed E-state index contributed by atoms with van der Waals surface area (Å²) in [5, 5.41) is 2.76. The number of aryl methyl sites for hydroxylation is 1. The summed E-state index contributed by atoms with van der Waals surface area (Å²) in [5.74, 6) is -0.0279. The fourth-order valence-corrected chi connectivity index (χ4v) is 3.79. The van der Waals surface area contributed by atoms with Crippen LogP contribution in [0.15, 0.2) is 72.8 Å². The van der Waals surface area contributed by atoms with Crippen molar-refractivity contribution in [2.45, 2.75) is 26.6 Å². The number of ether oxygens (including phenoxy) is 1. The molecule has 1 N–H and O–H groups in total. The fourth-order valence-electron chi connectivity index (χ4n) is 3.06. The number of benzene rings is 3. The molecular weight excluding hydrogens is 443 g/mol. The van der Waals surface area contributed by atoms with Crippen molar-refractivity contribution in [1.29, 1.82) is 0 Å². The highest BCUT2D eigenvalue weighted by atomic mass is 32.2. The van der Waals surface area contributed by atoms with Gasteiger partial charge in [-0.2, -0.15) is 4.31 Å². The van der Waals surface area contributed by atoms with Crippen LogP contribution in [0.5, 0.6) is 5.75 Å². The number of halogens is 1. The van der Waals surface area contributed by atoms with Gasteiger partial charge in [-0.25, -0.2) is 12.8 Å². The molecule has 0 aliphatic rings. The Hall–Kier alpha value is -3.23. The van der Waals surface area contributed by atoms with Crippen LogP contribution in [0.25, 0.3) is 0 Å². The molecule has 0 aliphatic heterocycles. The maximum Gasteiger partial charge on any atom is 0.235 e. The van der Waals surface area contributed by atoms with E-state index >= 15 is 0 Å². The number of amides is 1. The molecule has 0 unspecified atom stereocenters. The number of rotatable bonds is 10. The highest BCUT2D eigenvalue weighted by molar-refractivity contribution is 7.88. The number of nitrogens with one attached hydrogen (secondary N) is 1. The van der Waals surface area contributed by atoms with Crippen molar-refractivity contribution in [3.63, 3.8) is 0 Å². The molecule has 0 aliphatic carbocycles. The van der Waals surface area contributed by atoms with Gasteiger partial charge in [0.15, 0.2) is 0 Å². The molecule has 174 valence electrons. The van der Waals surface area contributed by atoms with E-state index in [0.717, 1.165) is 32.8 Å². The fraction of sp³-hybridized carbons (Fsp3) is 0.240. The van der Waals surface area contributed by atoms with Crippen LogP contribution >= 0.6 is 0 Å². The second-order valence-corrected chi connectivity index (χ2v) is 9.83. The van der Waals surface area contributed by atoms with E-state index in [0.29, 0.717) is 12.4 Å². The van der Waals surface area contributed by atoms with Crippen LogP contribution in [-0.2, 0) is 34.5 Å². The summed E-state index contributed by atoms with van der Waals surface area (Å²) in [4.78, 5) is 12.4. The Labute approximate surface area is 194 Å². The van der Waals surface area contributed by atoms with Crippen LogP contribution in [-0.4, -0.2) is 31.4 Å². The summed E-state index contributed by atoms with van der Waals surface area (Å²) in [6.07, 6.45) is 1.10. The molecule has 3 aromatic rings. The quantitative estimate of drug-likeness (QED) is 0.489. The second-order valence-electron chi connectivity index (χ2n) is 7.85. The van der Waals surface area contributed by atoms with Gasteiger partial charge in [-0.1, -0.05) is 54.1 Å². The van der Waals surface area contributed by atoms with Crippen LogP contribution in [0.1, 0.15) is 22.3 Å². The third-order valence-electron chi connectivity index (χ3n) is 5.00. The lowest BCUT2D eigenvalue weighted by Gasteiger charge is -2.19. The smallest absolute Gasteiger partial charge is 0.235 e. The van der Waals surface area contributed by atoms with Crippen LogP contribution in [0.2, 0.25) is 0 Å². The van der Waals surface area contributed by atoms with E-state index in [1.54, 1.807) is 24.3 Å². The third-order valence-corrected chi connectivity index (χ3v) is 6.20. The van der Waals surface area contributed by atoms with Crippen LogP contribution in [0.3, 0.4) is 0 Å². The minimum atomic E-state index is -3.55. The predicted molar refractivity (Wildman–Crippen MR) is 125 cm³/mol. The Morgan fingerprint density at radius 1 is 0.909 bits per heavy atom. The molecule has 3 aromatic carbocycles. The first-order valence-electron chi connectivity index (χ1n) is 10.4. The van der Waals surface area contributed by atoms with E-state index in [1.165, 1.54) is 12.1 Å². The van der Waals surface area contributed by atoms with Gasteiger partial charge < -0.3 is 10.1 Å². The molecule has 0 atom stereocenters. The molecule has 3 rings (SSSR count). The zero-order valence-corrected chi connectivity index (χ0v) is 19.4. The summed E-state index contributed by atoms with van der Waals surface area (Å²) in [5.41, 5.74) is 3.60. The van der Waals surface area contributed by atoms with E-state index in [-0.39, 0.29) is 31.4 Å². The molecular formula is C25H27FN2O4S. The van der Waals surface area contributed by atoms with Crippen LogP contribution in [0.4, 0.5) is 4.39 Å². The van der Waals surface area contributed by atoms with Crippen molar-refractivity contribution in [1.82, 2.24) is 9.62 Å². The van der Waals surface area contributed by atoms with Crippen molar-refractivity contribution in [3.8, 4) is 5.75 Å². The Kier molecular flexibility index (Phi) is 8.19. The number of carbonyl (C=O) groups is 1. The van der Waals surface area contributed by atoms with Crippen LogP contribution in [0, 0.1) is 12.7 Å². The Morgan fingerprint density at radius 3 is 2.09 bits per heavy atom. The summed E-state index contributed by atoms with van der Waals surface area (Å²) in [6.45, 7) is 2.41. The molecule has 0 bridgehead atoms. The Morgan fingerprint density at radius 2 is 1.48 bits per heavy atom. The molecule has 33 heavy (non-hydrogen) atoms. The molecule has 0 saturated heterocycles. The Bertz CT molecular complexity index is 1160. The topological polar surface area (TPSA) is 75.7 Å². The minimum absolute atomic E-state index is 0.132. The molecule has 0 aromatic heterocycles. The molecule has 0 saturated carbocycles. The van der Waals surface area contributed by atoms with Gasteiger partial charge in [0.2, 0.25) is 15.9 Å². The average molecular weight is 471 g/mol. The largest absolute Gasteiger partial charge is 0.489 e. The maximum atomic E-state index is 13.0. The average Bonchev–Trinajstić information content (AvgIpc) is 2.78. The standard InChI is InChI=1S/C25H27FN2O4S/c1-19-3-5-21(6-4-19)16-28(33(2,30)31)17-25(29)27-15-20-9-13-24(14-10-20)32-18-22-7-11-23(26)12-8-22/h3-14H,15-18H2,1-2H3,(H,27,29). The van der Waals surface area contributed by atoms with E-state index in [1.807, 2.05) is 43.3 Å². The van der Waals surface area contributed by atoms with E-state index in [4.69, 9.17) is 4.74 Å². The highest BCUT2D eigenvalue weighted by Gasteiger charge is 2.20. The number of hydrogen-bond donors (Lipinski definition) is 1. The van der Waals surface area contributed by atoms with Crippen molar-refractivity contribution in [2.24, 2.45) is 0 Å². The van der Waals surface area contributed by atoms with Gasteiger partial charge in [0.05, 0.1) is 12.8 Å². The van der Waals surface area contributed by atoms with Crippen molar-refractivity contribution < 1.29 is 22.3 Å². The summed E-state index contributed by atoms with van der Waals surface area (Å²) >= 11 is 0. The van der Waals surface area contributed by atoms with Gasteiger partial charge in [0.1, 0.15) is 18.2 Å². The van der Waals surface area contributed by atoms with Crippen molar-refractivity contribution in [2.75, 3.05) is 12.8 Å². The lowest BCUT2D eigenvalue weighted by molar-refractivity contribution is -0.121. The second kappa shape index (κ2) is 11.1. The summed E-state index contributed by atoms with van der Waals surface area (Å²) in [7, 11) is -3.55. The van der Waals surface area contributed by atoms with Gasteiger partial charge in [-0.3, -0.25) is 4.79 Å². The molecule has 0 fully saturated rings. The van der Waals surface area contributed by atoms with Gasteiger partial charge in [-0.15, -0.1) is 0 Å². The number of sulfonamides is 1. The number of hydrogen-bond acceptors (Lipinski definition) is 4. The predicted octanol–water partition coefficient (Wildman–Crippen LogP) is 3.79.